The molecule has 146 valence electrons. The van der Waals surface area contributed by atoms with Crippen LogP contribution in [0.25, 0.3) is 11.1 Å². The molecule has 3 aliphatic rings. The van der Waals surface area contributed by atoms with Crippen molar-refractivity contribution in [1.82, 2.24) is 4.90 Å². The smallest absolute Gasteiger partial charge is 0.166 e. The molecule has 3 atom stereocenters. The molecule has 1 heterocycles. The van der Waals surface area contributed by atoms with Crippen LogP contribution in [0.3, 0.4) is 0 Å². The van der Waals surface area contributed by atoms with Gasteiger partial charge in [0, 0.05) is 25.6 Å². The van der Waals surface area contributed by atoms with Crippen molar-refractivity contribution in [1.29, 1.82) is 0 Å². The number of hydrogen-bond donors (Lipinski definition) is 0. The van der Waals surface area contributed by atoms with Crippen molar-refractivity contribution in [2.45, 2.75) is 37.5 Å². The van der Waals surface area contributed by atoms with Gasteiger partial charge in [-0.2, -0.15) is 0 Å². The fourth-order valence-corrected chi connectivity index (χ4v) is 5.34. The van der Waals surface area contributed by atoms with Crippen LogP contribution in [0.15, 0.2) is 54.6 Å². The molecule has 4 heteroatoms. The van der Waals surface area contributed by atoms with Gasteiger partial charge in [-0.05, 0) is 35.4 Å². The number of benzene rings is 2. The summed E-state index contributed by atoms with van der Waals surface area (Å²) in [5, 5.41) is 0. The minimum absolute atomic E-state index is 0.229. The van der Waals surface area contributed by atoms with E-state index in [2.05, 4.69) is 53.4 Å². The van der Waals surface area contributed by atoms with Gasteiger partial charge in [0.2, 0.25) is 0 Å². The molecular weight excluding hydrogens is 350 g/mol. The summed E-state index contributed by atoms with van der Waals surface area (Å²) in [5.41, 5.74) is 2.93. The van der Waals surface area contributed by atoms with Crippen LogP contribution in [0, 0.1) is 5.92 Å². The molecule has 3 fully saturated rings. The Labute approximate surface area is 166 Å². The number of Topliss-reactive ketones (excluding diaryl/α,β-unsaturated/α-hetero) is 1. The van der Waals surface area contributed by atoms with Crippen molar-refractivity contribution in [2.24, 2.45) is 5.92 Å². The second-order valence-corrected chi connectivity index (χ2v) is 8.26. The summed E-state index contributed by atoms with van der Waals surface area (Å²) in [5.74, 6) is 0.757. The monoisotopic (exact) mass is 377 g/mol. The van der Waals surface area contributed by atoms with Gasteiger partial charge in [-0.3, -0.25) is 9.69 Å². The molecule has 28 heavy (non-hydrogen) atoms. The van der Waals surface area contributed by atoms with Crippen molar-refractivity contribution in [3.63, 3.8) is 0 Å². The predicted molar refractivity (Wildman–Crippen MR) is 108 cm³/mol. The van der Waals surface area contributed by atoms with E-state index in [1.54, 1.807) is 0 Å². The maximum Gasteiger partial charge on any atom is 0.166 e. The first-order valence-electron chi connectivity index (χ1n) is 10.4. The lowest BCUT2D eigenvalue weighted by atomic mass is 9.94. The third-order valence-corrected chi connectivity index (χ3v) is 6.73. The molecule has 2 aromatic rings. The summed E-state index contributed by atoms with van der Waals surface area (Å²) < 4.78 is 12.0. The number of ketones is 1. The number of carbonyl (C=O) groups excluding carboxylic acids is 1. The van der Waals surface area contributed by atoms with Crippen LogP contribution < -0.4 is 0 Å². The molecule has 0 amide bonds. The first kappa shape index (κ1) is 18.0. The summed E-state index contributed by atoms with van der Waals surface area (Å²) in [7, 11) is 0. The van der Waals surface area contributed by atoms with Crippen molar-refractivity contribution in [3.05, 3.63) is 60.2 Å². The zero-order valence-electron chi connectivity index (χ0n) is 16.2. The second-order valence-electron chi connectivity index (χ2n) is 8.26. The van der Waals surface area contributed by atoms with E-state index in [1.165, 1.54) is 11.1 Å². The maximum atomic E-state index is 12.9. The first-order chi connectivity index (χ1) is 13.8. The molecule has 2 saturated carbocycles. The zero-order valence-corrected chi connectivity index (χ0v) is 16.2. The van der Waals surface area contributed by atoms with Crippen LogP contribution >= 0.6 is 0 Å². The largest absolute Gasteiger partial charge is 0.379 e. The molecule has 0 spiro atoms. The summed E-state index contributed by atoms with van der Waals surface area (Å²) in [4.78, 5) is 15.3. The predicted octanol–water partition coefficient (Wildman–Crippen LogP) is 3.69. The third kappa shape index (κ3) is 3.10. The Morgan fingerprint density at radius 1 is 1.00 bits per heavy atom. The van der Waals surface area contributed by atoms with E-state index in [9.17, 15) is 4.79 Å². The van der Waals surface area contributed by atoms with Crippen LogP contribution in [0.2, 0.25) is 0 Å². The van der Waals surface area contributed by atoms with Gasteiger partial charge in [0.05, 0.1) is 19.8 Å². The van der Waals surface area contributed by atoms with Gasteiger partial charge in [0.25, 0.3) is 0 Å². The number of ether oxygens (including phenoxy) is 2. The minimum atomic E-state index is -0.611. The fourth-order valence-electron chi connectivity index (χ4n) is 5.34. The van der Waals surface area contributed by atoms with Crippen molar-refractivity contribution < 1.29 is 14.3 Å². The first-order valence-corrected chi connectivity index (χ1v) is 10.4. The lowest BCUT2D eigenvalue weighted by Gasteiger charge is -2.40. The van der Waals surface area contributed by atoms with E-state index in [0.29, 0.717) is 24.7 Å². The van der Waals surface area contributed by atoms with E-state index in [-0.39, 0.29) is 6.04 Å². The van der Waals surface area contributed by atoms with Gasteiger partial charge in [0.15, 0.2) is 5.78 Å². The highest BCUT2D eigenvalue weighted by atomic mass is 16.5. The fraction of sp³-hybridized carbons (Fsp3) is 0.458. The van der Waals surface area contributed by atoms with Crippen molar-refractivity contribution in [3.8, 4) is 11.1 Å². The zero-order chi connectivity index (χ0) is 19.0. The summed E-state index contributed by atoms with van der Waals surface area (Å²) in [6.45, 7) is 3.83. The SMILES string of the molecule is O=C1CC2CCC1(OCc1ccc(-c3ccccc3)cc1)C2N1CCOCC1. The molecule has 0 aromatic heterocycles. The van der Waals surface area contributed by atoms with Crippen molar-refractivity contribution in [2.75, 3.05) is 26.3 Å². The minimum Gasteiger partial charge on any atom is -0.379 e. The van der Waals surface area contributed by atoms with Crippen LogP contribution in [0.4, 0.5) is 0 Å². The maximum absolute atomic E-state index is 12.9. The van der Waals surface area contributed by atoms with Gasteiger partial charge in [-0.25, -0.2) is 0 Å². The highest BCUT2D eigenvalue weighted by Crippen LogP contribution is 2.50. The number of nitrogens with zero attached hydrogens (tertiary/aromatic N) is 1. The summed E-state index contributed by atoms with van der Waals surface area (Å²) >= 11 is 0. The quantitative estimate of drug-likeness (QED) is 0.797. The molecule has 0 radical (unpaired) electrons. The third-order valence-electron chi connectivity index (χ3n) is 6.73. The molecule has 5 rings (SSSR count). The lowest BCUT2D eigenvalue weighted by molar-refractivity contribution is -0.151. The van der Waals surface area contributed by atoms with E-state index < -0.39 is 5.60 Å². The Hall–Kier alpha value is -2.01. The molecule has 1 saturated heterocycles. The summed E-state index contributed by atoms with van der Waals surface area (Å²) in [6, 6.07) is 19.1. The van der Waals surface area contributed by atoms with Gasteiger partial charge in [-0.15, -0.1) is 0 Å². The Morgan fingerprint density at radius 2 is 1.71 bits per heavy atom. The Bertz CT molecular complexity index is 829. The van der Waals surface area contributed by atoms with Gasteiger partial charge < -0.3 is 9.47 Å². The van der Waals surface area contributed by atoms with E-state index in [0.717, 1.165) is 44.7 Å². The topological polar surface area (TPSA) is 38.8 Å². The molecule has 1 aliphatic heterocycles. The molecule has 2 aliphatic carbocycles. The second kappa shape index (κ2) is 7.43. The lowest BCUT2D eigenvalue weighted by Crippen LogP contribution is -2.55. The number of morpholine rings is 1. The van der Waals surface area contributed by atoms with Gasteiger partial charge in [-0.1, -0.05) is 54.6 Å². The Kier molecular flexibility index (Phi) is 4.79. The van der Waals surface area contributed by atoms with Gasteiger partial charge in [0.1, 0.15) is 5.60 Å². The molecule has 2 bridgehead atoms. The molecule has 3 unspecified atom stereocenters. The number of hydrogen-bond acceptors (Lipinski definition) is 4. The van der Waals surface area contributed by atoms with E-state index in [4.69, 9.17) is 9.47 Å². The number of rotatable bonds is 5. The normalized spacial score (nSPS) is 30.1. The number of carbonyl (C=O) groups is 1. The molecular formula is C24H27NO3. The average molecular weight is 377 g/mol. The number of fused-ring (bicyclic) bond motifs is 2. The van der Waals surface area contributed by atoms with Crippen LogP contribution in [-0.2, 0) is 20.9 Å². The molecule has 4 nitrogen and oxygen atoms in total. The molecule has 2 aromatic carbocycles. The van der Waals surface area contributed by atoms with Crippen LogP contribution in [0.1, 0.15) is 24.8 Å². The average Bonchev–Trinajstić information content (AvgIpc) is 3.26. The summed E-state index contributed by atoms with van der Waals surface area (Å²) in [6.07, 6.45) is 2.64. The van der Waals surface area contributed by atoms with Crippen LogP contribution in [-0.4, -0.2) is 48.6 Å². The van der Waals surface area contributed by atoms with E-state index >= 15 is 0 Å². The standard InChI is InChI=1S/C24H27NO3/c26-22-16-21-10-11-24(22,23(21)25-12-14-27-15-13-25)28-17-18-6-8-20(9-7-18)19-4-2-1-3-5-19/h1-9,21,23H,10-17H2. The Balaban J connectivity index is 1.31. The molecule has 0 N–H and O–H groups in total. The Morgan fingerprint density at radius 3 is 2.43 bits per heavy atom. The highest BCUT2D eigenvalue weighted by molar-refractivity contribution is 5.92. The highest BCUT2D eigenvalue weighted by Gasteiger charge is 2.62. The van der Waals surface area contributed by atoms with Crippen LogP contribution in [0.5, 0.6) is 0 Å². The van der Waals surface area contributed by atoms with E-state index in [1.807, 2.05) is 6.07 Å². The van der Waals surface area contributed by atoms with Gasteiger partial charge >= 0.3 is 0 Å². The van der Waals surface area contributed by atoms with Crippen molar-refractivity contribution >= 4 is 5.78 Å².